The molecule has 0 aliphatic rings. The van der Waals surface area contributed by atoms with Gasteiger partial charge in [0.05, 0.1) is 0 Å². The molecule has 0 aromatic carbocycles. The molecule has 0 saturated heterocycles. The van der Waals surface area contributed by atoms with Gasteiger partial charge in [0.15, 0.2) is 0 Å². The van der Waals surface area contributed by atoms with Gasteiger partial charge in [-0.3, -0.25) is 0 Å². The molecule has 0 N–H and O–H groups in total. The number of carbonyl (C=O) groups is 1. The molecule has 0 aromatic rings. The Kier molecular flexibility index (Phi) is 14.2. The van der Waals surface area contributed by atoms with Crippen LogP contribution in [0.25, 0.3) is 0 Å². The zero-order valence-electron chi connectivity index (χ0n) is 3.10. The Hall–Kier alpha value is 0.227. The molecule has 0 amide bonds. The van der Waals surface area contributed by atoms with Crippen LogP contribution in [0.2, 0.25) is 0 Å². The van der Waals surface area contributed by atoms with Crippen molar-refractivity contribution in [3.8, 4) is 0 Å². The van der Waals surface area contributed by atoms with Crippen LogP contribution in [0.3, 0.4) is 0 Å². The molecule has 3 heteroatoms. The first kappa shape index (κ1) is 9.52. The number of aldehydes is 1. The topological polar surface area (TPSA) is 26.3 Å². The summed E-state index contributed by atoms with van der Waals surface area (Å²) in [5, 5.41) is 0. The number of ether oxygens (including phenoxy) is 1. The molecule has 2 nitrogen and oxygen atoms in total. The minimum absolute atomic E-state index is 0. The molecule has 0 saturated carbocycles. The molecular weight excluding hydrogens is 75.0 g/mol. The fraction of sp³-hybridized carbons (Fsp3) is 0.667. The SMILES string of the molecule is COCC=O.[LiH]. The van der Waals surface area contributed by atoms with Crippen molar-refractivity contribution in [2.75, 3.05) is 13.7 Å². The third-order valence-electron chi connectivity index (χ3n) is 0.235. The van der Waals surface area contributed by atoms with E-state index in [1.165, 1.54) is 7.11 Å². The summed E-state index contributed by atoms with van der Waals surface area (Å²) in [7, 11) is 1.48. The molecule has 0 bridgehead atoms. The first-order chi connectivity index (χ1) is 2.41. The Balaban J connectivity index is 0. The maximum absolute atomic E-state index is 9.28. The van der Waals surface area contributed by atoms with E-state index in [0.29, 0.717) is 6.29 Å². The van der Waals surface area contributed by atoms with Gasteiger partial charge in [0.25, 0.3) is 0 Å². The monoisotopic (exact) mass is 82.1 g/mol. The summed E-state index contributed by atoms with van der Waals surface area (Å²) < 4.78 is 4.32. The third-order valence-corrected chi connectivity index (χ3v) is 0.235. The normalized spacial score (nSPS) is 6.17. The summed E-state index contributed by atoms with van der Waals surface area (Å²) in [5.41, 5.74) is 0. The molecule has 0 aliphatic heterocycles. The maximum atomic E-state index is 9.28. The number of hydrogen-bond acceptors (Lipinski definition) is 2. The van der Waals surface area contributed by atoms with Crippen molar-refractivity contribution in [3.05, 3.63) is 0 Å². The average Bonchev–Trinajstić information content (AvgIpc) is 1.41. The second-order valence-corrected chi connectivity index (χ2v) is 0.622. The molecule has 0 aliphatic carbocycles. The van der Waals surface area contributed by atoms with Crippen molar-refractivity contribution in [3.63, 3.8) is 0 Å². The van der Waals surface area contributed by atoms with E-state index in [1.54, 1.807) is 0 Å². The molecule has 0 heterocycles. The van der Waals surface area contributed by atoms with Crippen LogP contribution in [0.15, 0.2) is 0 Å². The zero-order chi connectivity index (χ0) is 4.12. The zero-order valence-corrected chi connectivity index (χ0v) is 3.10. The van der Waals surface area contributed by atoms with Gasteiger partial charge in [0.1, 0.15) is 12.9 Å². The molecule has 0 spiro atoms. The summed E-state index contributed by atoms with van der Waals surface area (Å²) in [5.74, 6) is 0. The molecule has 32 valence electrons. The van der Waals surface area contributed by atoms with Crippen molar-refractivity contribution in [2.45, 2.75) is 0 Å². The van der Waals surface area contributed by atoms with E-state index in [-0.39, 0.29) is 25.5 Å². The standard InChI is InChI=1S/C3H6O2.Li.H/c1-5-3-2-4;;/h2H,3H2,1H3;;. The fourth-order valence-electron chi connectivity index (χ4n) is 0.0680. The van der Waals surface area contributed by atoms with E-state index in [0.717, 1.165) is 0 Å². The number of carbonyl (C=O) groups excluding carboxylic acids is 1. The average molecular weight is 82.0 g/mol. The van der Waals surface area contributed by atoms with E-state index in [4.69, 9.17) is 0 Å². The van der Waals surface area contributed by atoms with Crippen LogP contribution < -0.4 is 0 Å². The van der Waals surface area contributed by atoms with Gasteiger partial charge in [-0.25, -0.2) is 0 Å². The Bertz CT molecular complexity index is 30.0. The van der Waals surface area contributed by atoms with E-state index in [2.05, 4.69) is 4.74 Å². The summed E-state index contributed by atoms with van der Waals surface area (Å²) in [6, 6.07) is 0. The van der Waals surface area contributed by atoms with Crippen molar-refractivity contribution in [1.29, 1.82) is 0 Å². The second kappa shape index (κ2) is 8.97. The van der Waals surface area contributed by atoms with Gasteiger partial charge in [-0.1, -0.05) is 0 Å². The molecule has 0 rings (SSSR count). The van der Waals surface area contributed by atoms with Gasteiger partial charge >= 0.3 is 18.9 Å². The molecule has 0 aromatic heterocycles. The Labute approximate surface area is 49.0 Å². The van der Waals surface area contributed by atoms with Crippen molar-refractivity contribution < 1.29 is 9.53 Å². The summed E-state index contributed by atoms with van der Waals surface area (Å²) in [6.07, 6.45) is 0.708. The fourth-order valence-corrected chi connectivity index (χ4v) is 0.0680. The summed E-state index contributed by atoms with van der Waals surface area (Å²) in [6.45, 7) is 0.208. The first-order valence-corrected chi connectivity index (χ1v) is 1.34. The van der Waals surface area contributed by atoms with Crippen LogP contribution in [0, 0.1) is 0 Å². The molecule has 0 atom stereocenters. The van der Waals surface area contributed by atoms with Gasteiger partial charge in [-0.2, -0.15) is 0 Å². The second-order valence-electron chi connectivity index (χ2n) is 0.622. The van der Waals surface area contributed by atoms with E-state index in [1.807, 2.05) is 0 Å². The van der Waals surface area contributed by atoms with Gasteiger partial charge in [-0.15, -0.1) is 0 Å². The predicted molar refractivity (Wildman–Crippen MR) is 25.1 cm³/mol. The molecular formula is C3H7LiO2. The Morgan fingerprint density at radius 3 is 2.33 bits per heavy atom. The first-order valence-electron chi connectivity index (χ1n) is 1.34. The van der Waals surface area contributed by atoms with Gasteiger partial charge in [0.2, 0.25) is 0 Å². The minimum atomic E-state index is 0. The Morgan fingerprint density at radius 2 is 2.33 bits per heavy atom. The third kappa shape index (κ3) is 8.88. The molecule has 0 fully saturated rings. The number of hydrogen-bond donors (Lipinski definition) is 0. The van der Waals surface area contributed by atoms with Crippen LogP contribution >= 0.6 is 0 Å². The Morgan fingerprint density at radius 1 is 1.83 bits per heavy atom. The van der Waals surface area contributed by atoms with Crippen LogP contribution in [0.4, 0.5) is 0 Å². The number of rotatable bonds is 2. The van der Waals surface area contributed by atoms with Gasteiger partial charge in [-0.05, 0) is 0 Å². The van der Waals surface area contributed by atoms with Gasteiger partial charge < -0.3 is 9.53 Å². The molecule has 0 radical (unpaired) electrons. The predicted octanol–water partition coefficient (Wildman–Crippen LogP) is -0.817. The van der Waals surface area contributed by atoms with Gasteiger partial charge in [0, 0.05) is 7.11 Å². The van der Waals surface area contributed by atoms with Crippen LogP contribution in [-0.2, 0) is 9.53 Å². The summed E-state index contributed by atoms with van der Waals surface area (Å²) in [4.78, 5) is 9.28. The molecule has 0 unspecified atom stereocenters. The van der Waals surface area contributed by atoms with E-state index < -0.39 is 0 Å². The van der Waals surface area contributed by atoms with E-state index in [9.17, 15) is 4.79 Å². The van der Waals surface area contributed by atoms with Crippen molar-refractivity contribution >= 4 is 25.1 Å². The van der Waals surface area contributed by atoms with Crippen molar-refractivity contribution in [2.24, 2.45) is 0 Å². The summed E-state index contributed by atoms with van der Waals surface area (Å²) >= 11 is 0. The quantitative estimate of drug-likeness (QED) is 0.321. The van der Waals surface area contributed by atoms with Crippen LogP contribution in [0.5, 0.6) is 0 Å². The van der Waals surface area contributed by atoms with Crippen LogP contribution in [-0.4, -0.2) is 38.9 Å². The van der Waals surface area contributed by atoms with Crippen LogP contribution in [0.1, 0.15) is 0 Å². The molecule has 6 heavy (non-hydrogen) atoms. The van der Waals surface area contributed by atoms with Crippen molar-refractivity contribution in [1.82, 2.24) is 0 Å². The number of methoxy groups -OCH3 is 1. The van der Waals surface area contributed by atoms with E-state index >= 15 is 0 Å².